The van der Waals surface area contributed by atoms with E-state index in [-0.39, 0.29) is 0 Å². The van der Waals surface area contributed by atoms with Gasteiger partial charge in [0, 0.05) is 14.8 Å². The van der Waals surface area contributed by atoms with Gasteiger partial charge in [-0.1, -0.05) is 29.4 Å². The van der Waals surface area contributed by atoms with Crippen LogP contribution in [0.4, 0.5) is 0 Å². The van der Waals surface area contributed by atoms with Crippen molar-refractivity contribution in [2.24, 2.45) is 0 Å². The molecule has 1 aromatic heterocycles. The number of benzene rings is 2. The molecule has 0 unspecified atom stereocenters. The third-order valence-corrected chi connectivity index (χ3v) is 5.54. The van der Waals surface area contributed by atoms with Crippen LogP contribution in [0.5, 0.6) is 5.75 Å². The quantitative estimate of drug-likeness (QED) is 0.513. The van der Waals surface area contributed by atoms with Crippen molar-refractivity contribution in [1.82, 2.24) is 0 Å². The third kappa shape index (κ3) is 3.86. The minimum atomic E-state index is 0.693. The summed E-state index contributed by atoms with van der Waals surface area (Å²) in [5, 5.41) is 0.772. The normalized spacial score (nSPS) is 10.6. The largest absolute Gasteiger partial charge is 0.494 e. The molecule has 4 heteroatoms. The van der Waals surface area contributed by atoms with Crippen molar-refractivity contribution in [2.75, 3.05) is 6.61 Å². The Bertz CT molecular complexity index is 750. The molecule has 0 saturated heterocycles. The highest BCUT2D eigenvalue weighted by atomic mass is 35.5. The molecule has 0 radical (unpaired) electrons. The minimum Gasteiger partial charge on any atom is -0.494 e. The Morgan fingerprint density at radius 1 is 1.05 bits per heavy atom. The van der Waals surface area contributed by atoms with Gasteiger partial charge in [-0.05, 0) is 67.1 Å². The molecule has 0 amide bonds. The summed E-state index contributed by atoms with van der Waals surface area (Å²) in [7, 11) is 0. The van der Waals surface area contributed by atoms with E-state index in [1.165, 1.54) is 14.6 Å². The second-order valence-electron chi connectivity index (χ2n) is 4.64. The Hall–Kier alpha value is -1.42. The van der Waals surface area contributed by atoms with Gasteiger partial charge in [0.15, 0.2) is 0 Å². The first-order chi connectivity index (χ1) is 10.7. The summed E-state index contributed by atoms with van der Waals surface area (Å²) in [5.41, 5.74) is 1.21. The first-order valence-corrected chi connectivity index (χ1v) is 9.02. The Morgan fingerprint density at radius 3 is 2.59 bits per heavy atom. The van der Waals surface area contributed by atoms with Crippen LogP contribution < -0.4 is 4.74 Å². The number of thiophene rings is 1. The maximum absolute atomic E-state index is 6.03. The molecule has 0 saturated carbocycles. The van der Waals surface area contributed by atoms with Crippen LogP contribution in [0.25, 0.3) is 10.4 Å². The predicted molar refractivity (Wildman–Crippen MR) is 96.5 cm³/mol. The lowest BCUT2D eigenvalue weighted by Gasteiger charge is -2.03. The zero-order valence-corrected chi connectivity index (χ0v) is 14.5. The second kappa shape index (κ2) is 7.23. The number of hydrogen-bond acceptors (Lipinski definition) is 3. The number of rotatable bonds is 5. The van der Waals surface area contributed by atoms with Crippen molar-refractivity contribution in [2.45, 2.75) is 16.0 Å². The van der Waals surface area contributed by atoms with Gasteiger partial charge in [-0.15, -0.1) is 11.3 Å². The van der Waals surface area contributed by atoms with E-state index in [0.717, 1.165) is 15.7 Å². The van der Waals surface area contributed by atoms with Crippen molar-refractivity contribution < 1.29 is 4.74 Å². The first kappa shape index (κ1) is 15.5. The number of ether oxygens (including phenoxy) is 1. The molecule has 2 aromatic carbocycles. The molecule has 0 N–H and O–H groups in total. The van der Waals surface area contributed by atoms with Gasteiger partial charge in [-0.2, -0.15) is 0 Å². The van der Waals surface area contributed by atoms with E-state index in [4.69, 9.17) is 16.3 Å². The number of hydrogen-bond donors (Lipinski definition) is 0. The van der Waals surface area contributed by atoms with Crippen molar-refractivity contribution >= 4 is 34.7 Å². The van der Waals surface area contributed by atoms with Crippen LogP contribution in [0.15, 0.2) is 69.8 Å². The highest BCUT2D eigenvalue weighted by Gasteiger charge is 2.05. The van der Waals surface area contributed by atoms with Crippen LogP contribution in [0.3, 0.4) is 0 Å². The lowest BCUT2D eigenvalue weighted by molar-refractivity contribution is 0.340. The lowest BCUT2D eigenvalue weighted by atomic mass is 10.2. The van der Waals surface area contributed by atoms with E-state index in [9.17, 15) is 0 Å². The third-order valence-electron chi connectivity index (χ3n) is 3.05. The van der Waals surface area contributed by atoms with Gasteiger partial charge < -0.3 is 4.74 Å². The Morgan fingerprint density at radius 2 is 1.86 bits per heavy atom. The number of halogens is 1. The van der Waals surface area contributed by atoms with E-state index in [1.807, 2.05) is 37.3 Å². The average Bonchev–Trinajstić information content (AvgIpc) is 2.97. The summed E-state index contributed by atoms with van der Waals surface area (Å²) >= 11 is 9.55. The van der Waals surface area contributed by atoms with E-state index < -0.39 is 0 Å². The summed E-state index contributed by atoms with van der Waals surface area (Å²) in [4.78, 5) is 2.42. The molecule has 1 nitrogen and oxygen atoms in total. The topological polar surface area (TPSA) is 9.23 Å². The summed E-state index contributed by atoms with van der Waals surface area (Å²) in [5.74, 6) is 0.913. The van der Waals surface area contributed by atoms with Crippen LogP contribution in [-0.2, 0) is 0 Å². The van der Waals surface area contributed by atoms with Crippen molar-refractivity contribution in [1.29, 1.82) is 0 Å². The molecule has 3 aromatic rings. The van der Waals surface area contributed by atoms with Gasteiger partial charge in [0.25, 0.3) is 0 Å². The smallest absolute Gasteiger partial charge is 0.119 e. The zero-order chi connectivity index (χ0) is 15.4. The first-order valence-electron chi connectivity index (χ1n) is 7.01. The monoisotopic (exact) mass is 346 g/mol. The fourth-order valence-electron chi connectivity index (χ4n) is 2.06. The van der Waals surface area contributed by atoms with Crippen LogP contribution in [0, 0.1) is 0 Å². The molecular formula is C18H15ClOS2. The van der Waals surface area contributed by atoms with E-state index >= 15 is 0 Å². The Kier molecular flexibility index (Phi) is 5.08. The maximum atomic E-state index is 6.03. The van der Waals surface area contributed by atoms with E-state index in [1.54, 1.807) is 23.1 Å². The van der Waals surface area contributed by atoms with Gasteiger partial charge >= 0.3 is 0 Å². The van der Waals surface area contributed by atoms with Crippen LogP contribution in [0.1, 0.15) is 6.92 Å². The molecule has 0 aliphatic carbocycles. The zero-order valence-electron chi connectivity index (χ0n) is 12.1. The molecule has 22 heavy (non-hydrogen) atoms. The minimum absolute atomic E-state index is 0.693. The molecule has 3 rings (SSSR count). The fraction of sp³-hybridized carbons (Fsp3) is 0.111. The molecule has 0 atom stereocenters. The van der Waals surface area contributed by atoms with Crippen molar-refractivity contribution in [3.63, 3.8) is 0 Å². The van der Waals surface area contributed by atoms with Crippen molar-refractivity contribution in [3.05, 3.63) is 65.7 Å². The summed E-state index contributed by atoms with van der Waals surface area (Å²) in [6.07, 6.45) is 0. The lowest BCUT2D eigenvalue weighted by Crippen LogP contribution is -1.90. The standard InChI is InChI=1S/C18H15ClOS2/c1-2-20-15-8-6-13(7-9-15)17-10-11-18(22-17)21-16-5-3-4-14(19)12-16/h3-12H,2H2,1H3. The van der Waals surface area contributed by atoms with Crippen LogP contribution >= 0.6 is 34.7 Å². The molecule has 0 spiro atoms. The SMILES string of the molecule is CCOc1ccc(-c2ccc(Sc3cccc(Cl)c3)s2)cc1. The van der Waals surface area contributed by atoms with Crippen molar-refractivity contribution in [3.8, 4) is 16.2 Å². The van der Waals surface area contributed by atoms with Gasteiger partial charge in [0.1, 0.15) is 5.75 Å². The highest BCUT2D eigenvalue weighted by molar-refractivity contribution is 8.01. The maximum Gasteiger partial charge on any atom is 0.119 e. The average molecular weight is 347 g/mol. The predicted octanol–water partition coefficient (Wildman–Crippen LogP) is 6.62. The van der Waals surface area contributed by atoms with Gasteiger partial charge in [0.05, 0.1) is 10.8 Å². The molecular weight excluding hydrogens is 332 g/mol. The van der Waals surface area contributed by atoms with Gasteiger partial charge in [-0.3, -0.25) is 0 Å². The summed E-state index contributed by atoms with van der Waals surface area (Å²) in [6, 6.07) is 20.5. The fourth-order valence-corrected chi connectivity index (χ4v) is 4.48. The Balaban J connectivity index is 1.75. The summed E-state index contributed by atoms with van der Waals surface area (Å²) < 4.78 is 6.73. The van der Waals surface area contributed by atoms with Crippen LogP contribution in [0.2, 0.25) is 5.02 Å². The summed E-state index contributed by atoms with van der Waals surface area (Å²) in [6.45, 7) is 2.69. The second-order valence-corrected chi connectivity index (χ2v) is 7.53. The molecule has 1 heterocycles. The molecule has 112 valence electrons. The van der Waals surface area contributed by atoms with Gasteiger partial charge in [-0.25, -0.2) is 0 Å². The molecule has 0 aliphatic rings. The molecule has 0 bridgehead atoms. The van der Waals surface area contributed by atoms with E-state index in [2.05, 4.69) is 30.3 Å². The molecule has 0 aliphatic heterocycles. The van der Waals surface area contributed by atoms with Gasteiger partial charge in [0.2, 0.25) is 0 Å². The highest BCUT2D eigenvalue weighted by Crippen LogP contribution is 2.38. The Labute approximate surface area is 143 Å². The van der Waals surface area contributed by atoms with Crippen LogP contribution in [-0.4, -0.2) is 6.61 Å². The molecule has 0 fully saturated rings. The van der Waals surface area contributed by atoms with E-state index in [0.29, 0.717) is 6.61 Å².